The molecule has 0 radical (unpaired) electrons. The minimum atomic E-state index is -0.186. The fourth-order valence-electron chi connectivity index (χ4n) is 2.22. The van der Waals surface area contributed by atoms with Gasteiger partial charge in [0.1, 0.15) is 0 Å². The standard InChI is InChI=1S/C15H21N3O3/c1-3-14(19)17-10-4-6-11(7-5-10)18-15(20)12-8-21-9-13(12)16-2/h4-7,12-13,16H,3,8-9H2,1-2H3,(H,17,19)(H,18,20). The number of carbonyl (C=O) groups is 2. The molecule has 21 heavy (non-hydrogen) atoms. The van der Waals surface area contributed by atoms with Gasteiger partial charge in [-0.25, -0.2) is 0 Å². The van der Waals surface area contributed by atoms with Gasteiger partial charge in [0.05, 0.1) is 19.1 Å². The van der Waals surface area contributed by atoms with Crippen molar-refractivity contribution in [3.05, 3.63) is 24.3 Å². The van der Waals surface area contributed by atoms with Crippen LogP contribution in [-0.2, 0) is 14.3 Å². The van der Waals surface area contributed by atoms with E-state index in [-0.39, 0.29) is 23.8 Å². The SMILES string of the molecule is CCC(=O)Nc1ccc(NC(=O)C2COCC2NC)cc1. The number of hydrogen-bond acceptors (Lipinski definition) is 4. The van der Waals surface area contributed by atoms with Crippen LogP contribution in [0.2, 0.25) is 0 Å². The third-order valence-corrected chi connectivity index (χ3v) is 3.55. The molecule has 0 bridgehead atoms. The molecule has 2 amide bonds. The minimum absolute atomic E-state index is 0.0354. The number of rotatable bonds is 5. The Balaban J connectivity index is 1.93. The molecule has 1 heterocycles. The van der Waals surface area contributed by atoms with Crippen molar-refractivity contribution >= 4 is 23.2 Å². The van der Waals surface area contributed by atoms with Crippen LogP contribution in [0.25, 0.3) is 0 Å². The molecule has 1 aliphatic rings. The second kappa shape index (κ2) is 7.19. The first-order valence-electron chi connectivity index (χ1n) is 7.09. The monoisotopic (exact) mass is 291 g/mol. The van der Waals surface area contributed by atoms with Gasteiger partial charge < -0.3 is 20.7 Å². The van der Waals surface area contributed by atoms with Crippen LogP contribution in [0.4, 0.5) is 11.4 Å². The van der Waals surface area contributed by atoms with E-state index < -0.39 is 0 Å². The lowest BCUT2D eigenvalue weighted by Crippen LogP contribution is -2.39. The van der Waals surface area contributed by atoms with E-state index in [2.05, 4.69) is 16.0 Å². The van der Waals surface area contributed by atoms with Gasteiger partial charge in [0.15, 0.2) is 0 Å². The Morgan fingerprint density at radius 2 is 1.76 bits per heavy atom. The Bertz CT molecular complexity index is 501. The van der Waals surface area contributed by atoms with Crippen molar-refractivity contribution in [2.24, 2.45) is 5.92 Å². The zero-order valence-electron chi connectivity index (χ0n) is 12.3. The van der Waals surface area contributed by atoms with E-state index >= 15 is 0 Å². The van der Waals surface area contributed by atoms with Crippen LogP contribution < -0.4 is 16.0 Å². The molecule has 2 unspecified atom stereocenters. The van der Waals surface area contributed by atoms with Crippen molar-refractivity contribution in [3.8, 4) is 0 Å². The lowest BCUT2D eigenvalue weighted by Gasteiger charge is -2.16. The fourth-order valence-corrected chi connectivity index (χ4v) is 2.22. The molecule has 114 valence electrons. The zero-order chi connectivity index (χ0) is 15.2. The summed E-state index contributed by atoms with van der Waals surface area (Å²) in [5.74, 6) is -0.279. The summed E-state index contributed by atoms with van der Waals surface area (Å²) >= 11 is 0. The molecule has 0 spiro atoms. The van der Waals surface area contributed by atoms with Crippen molar-refractivity contribution in [2.45, 2.75) is 19.4 Å². The Labute approximate surface area is 124 Å². The normalized spacial score (nSPS) is 21.0. The largest absolute Gasteiger partial charge is 0.379 e. The lowest BCUT2D eigenvalue weighted by atomic mass is 10.0. The molecule has 0 aromatic heterocycles. The highest BCUT2D eigenvalue weighted by atomic mass is 16.5. The number of hydrogen-bond donors (Lipinski definition) is 3. The number of anilines is 2. The molecular formula is C15H21N3O3. The van der Waals surface area contributed by atoms with E-state index in [9.17, 15) is 9.59 Å². The molecule has 3 N–H and O–H groups in total. The maximum absolute atomic E-state index is 12.2. The second-order valence-electron chi connectivity index (χ2n) is 5.01. The van der Waals surface area contributed by atoms with Gasteiger partial charge in [-0.1, -0.05) is 6.92 Å². The van der Waals surface area contributed by atoms with Crippen LogP contribution in [0.15, 0.2) is 24.3 Å². The summed E-state index contributed by atoms with van der Waals surface area (Å²) < 4.78 is 5.32. The summed E-state index contributed by atoms with van der Waals surface area (Å²) in [7, 11) is 1.82. The van der Waals surface area contributed by atoms with E-state index in [1.54, 1.807) is 31.2 Å². The third kappa shape index (κ3) is 4.03. The van der Waals surface area contributed by atoms with Crippen LogP contribution in [0.3, 0.4) is 0 Å². The predicted octanol–water partition coefficient (Wildman–Crippen LogP) is 1.21. The van der Waals surface area contributed by atoms with Gasteiger partial charge in [0, 0.05) is 23.8 Å². The molecular weight excluding hydrogens is 270 g/mol. The number of amides is 2. The smallest absolute Gasteiger partial charge is 0.231 e. The fraction of sp³-hybridized carbons (Fsp3) is 0.467. The van der Waals surface area contributed by atoms with E-state index in [0.29, 0.717) is 25.3 Å². The first-order valence-corrected chi connectivity index (χ1v) is 7.09. The van der Waals surface area contributed by atoms with Gasteiger partial charge >= 0.3 is 0 Å². The Morgan fingerprint density at radius 1 is 1.14 bits per heavy atom. The summed E-state index contributed by atoms with van der Waals surface area (Å²) in [4.78, 5) is 23.5. The molecule has 6 nitrogen and oxygen atoms in total. The number of carbonyl (C=O) groups excluding carboxylic acids is 2. The molecule has 0 saturated carbocycles. The van der Waals surface area contributed by atoms with Crippen molar-refractivity contribution in [2.75, 3.05) is 30.9 Å². The van der Waals surface area contributed by atoms with E-state index in [1.807, 2.05) is 7.05 Å². The number of ether oxygens (including phenoxy) is 1. The van der Waals surface area contributed by atoms with Gasteiger partial charge in [-0.2, -0.15) is 0 Å². The molecule has 1 aromatic carbocycles. The third-order valence-electron chi connectivity index (χ3n) is 3.55. The van der Waals surface area contributed by atoms with Gasteiger partial charge in [0.25, 0.3) is 0 Å². The summed E-state index contributed by atoms with van der Waals surface area (Å²) in [5.41, 5.74) is 1.42. The molecule has 6 heteroatoms. The molecule has 1 fully saturated rings. The maximum atomic E-state index is 12.2. The summed E-state index contributed by atoms with van der Waals surface area (Å²) in [6.07, 6.45) is 0.436. The Morgan fingerprint density at radius 3 is 2.33 bits per heavy atom. The molecule has 1 saturated heterocycles. The highest BCUT2D eigenvalue weighted by Crippen LogP contribution is 2.18. The first kappa shape index (κ1) is 15.5. The van der Waals surface area contributed by atoms with E-state index in [4.69, 9.17) is 4.74 Å². The molecule has 0 aliphatic carbocycles. The second-order valence-corrected chi connectivity index (χ2v) is 5.01. The Kier molecular flexibility index (Phi) is 5.30. The van der Waals surface area contributed by atoms with Crippen LogP contribution in [-0.4, -0.2) is 38.1 Å². The van der Waals surface area contributed by atoms with Gasteiger partial charge in [-0.15, -0.1) is 0 Å². The summed E-state index contributed by atoms with van der Waals surface area (Å²) in [6.45, 7) is 2.78. The van der Waals surface area contributed by atoms with Crippen LogP contribution in [0.1, 0.15) is 13.3 Å². The topological polar surface area (TPSA) is 79.5 Å². The highest BCUT2D eigenvalue weighted by molar-refractivity contribution is 5.94. The van der Waals surface area contributed by atoms with Gasteiger partial charge in [-0.3, -0.25) is 9.59 Å². The summed E-state index contributed by atoms with van der Waals surface area (Å²) in [5, 5.41) is 8.72. The van der Waals surface area contributed by atoms with Gasteiger partial charge in [0.2, 0.25) is 11.8 Å². The zero-order valence-corrected chi connectivity index (χ0v) is 12.3. The number of nitrogens with one attached hydrogen (secondary N) is 3. The number of benzene rings is 1. The van der Waals surface area contributed by atoms with Crippen molar-refractivity contribution in [1.29, 1.82) is 0 Å². The average molecular weight is 291 g/mol. The van der Waals surface area contributed by atoms with Crippen LogP contribution in [0.5, 0.6) is 0 Å². The highest BCUT2D eigenvalue weighted by Gasteiger charge is 2.32. The van der Waals surface area contributed by atoms with E-state index in [1.165, 1.54) is 0 Å². The molecule has 1 aliphatic heterocycles. The quantitative estimate of drug-likeness (QED) is 0.762. The summed E-state index contributed by atoms with van der Waals surface area (Å²) in [6, 6.07) is 7.13. The Hall–Kier alpha value is -1.92. The molecule has 2 atom stereocenters. The first-order chi connectivity index (χ1) is 10.1. The van der Waals surface area contributed by atoms with Crippen LogP contribution in [0, 0.1) is 5.92 Å². The van der Waals surface area contributed by atoms with Crippen molar-refractivity contribution < 1.29 is 14.3 Å². The maximum Gasteiger partial charge on any atom is 0.231 e. The van der Waals surface area contributed by atoms with E-state index in [0.717, 1.165) is 5.69 Å². The van der Waals surface area contributed by atoms with Gasteiger partial charge in [-0.05, 0) is 31.3 Å². The average Bonchev–Trinajstić information content (AvgIpc) is 2.97. The van der Waals surface area contributed by atoms with Crippen molar-refractivity contribution in [1.82, 2.24) is 5.32 Å². The molecule has 2 rings (SSSR count). The predicted molar refractivity (Wildman–Crippen MR) is 81.1 cm³/mol. The number of likely N-dealkylation sites (N-methyl/N-ethyl adjacent to an activating group) is 1. The van der Waals surface area contributed by atoms with Crippen molar-refractivity contribution in [3.63, 3.8) is 0 Å². The lowest BCUT2D eigenvalue weighted by molar-refractivity contribution is -0.120. The minimum Gasteiger partial charge on any atom is -0.379 e. The molecule has 1 aromatic rings. The van der Waals surface area contributed by atoms with Crippen LogP contribution >= 0.6 is 0 Å².